The number of rotatable bonds is 6. The normalized spacial score (nSPS) is 17.7. The third-order valence-corrected chi connectivity index (χ3v) is 5.20. The average Bonchev–Trinajstić information content (AvgIpc) is 3.05. The maximum atomic E-state index is 13.0. The van der Waals surface area contributed by atoms with E-state index < -0.39 is 17.7 Å². The Morgan fingerprint density at radius 1 is 1.00 bits per heavy atom. The van der Waals surface area contributed by atoms with E-state index in [4.69, 9.17) is 4.74 Å². The average molecular weight is 414 g/mol. The molecule has 3 aromatic rings. The number of hydrogen-bond acceptors (Lipinski definition) is 5. The first kappa shape index (κ1) is 20.3. The number of aliphatic hydroxyl groups excluding tert-OH is 1. The Morgan fingerprint density at radius 3 is 2.32 bits per heavy atom. The summed E-state index contributed by atoms with van der Waals surface area (Å²) in [4.78, 5) is 31.5. The summed E-state index contributed by atoms with van der Waals surface area (Å²) >= 11 is 0. The Bertz CT molecular complexity index is 1110. The minimum Gasteiger partial charge on any atom is -0.507 e. The zero-order valence-electron chi connectivity index (χ0n) is 17.1. The molecule has 4 rings (SSSR count). The topological polar surface area (TPSA) is 79.7 Å². The van der Waals surface area contributed by atoms with Crippen molar-refractivity contribution in [2.45, 2.75) is 19.5 Å². The fraction of sp³-hybridized carbons (Fsp3) is 0.160. The molecule has 0 spiro atoms. The van der Waals surface area contributed by atoms with Crippen LogP contribution in [0.15, 0.2) is 84.7 Å². The number of Topliss-reactive ketones (excluding diaryl/α,β-unsaturated/α-hetero) is 1. The van der Waals surface area contributed by atoms with Gasteiger partial charge in [0.05, 0.1) is 18.2 Å². The van der Waals surface area contributed by atoms with Gasteiger partial charge in [0.2, 0.25) is 0 Å². The Labute approximate surface area is 180 Å². The molecule has 1 amide bonds. The highest BCUT2D eigenvalue weighted by Crippen LogP contribution is 2.40. The lowest BCUT2D eigenvalue weighted by Crippen LogP contribution is -2.29. The number of nitrogens with zero attached hydrogens (tertiary/aromatic N) is 2. The molecule has 156 valence electrons. The van der Waals surface area contributed by atoms with Crippen molar-refractivity contribution in [2.24, 2.45) is 0 Å². The molecule has 1 fully saturated rings. The van der Waals surface area contributed by atoms with Crippen LogP contribution in [-0.4, -0.2) is 33.3 Å². The van der Waals surface area contributed by atoms with Crippen LogP contribution in [0.2, 0.25) is 0 Å². The van der Waals surface area contributed by atoms with Gasteiger partial charge in [-0.05, 0) is 54.4 Å². The molecule has 1 aromatic heterocycles. The van der Waals surface area contributed by atoms with Crippen molar-refractivity contribution in [2.75, 3.05) is 6.61 Å². The van der Waals surface area contributed by atoms with Crippen molar-refractivity contribution < 1.29 is 19.4 Å². The molecule has 6 heteroatoms. The van der Waals surface area contributed by atoms with Gasteiger partial charge in [0.1, 0.15) is 11.5 Å². The van der Waals surface area contributed by atoms with Gasteiger partial charge in [-0.2, -0.15) is 0 Å². The van der Waals surface area contributed by atoms with E-state index in [2.05, 4.69) is 4.98 Å². The van der Waals surface area contributed by atoms with Gasteiger partial charge in [-0.15, -0.1) is 0 Å². The third-order valence-electron chi connectivity index (χ3n) is 5.20. The molecule has 0 saturated carbocycles. The molecule has 2 heterocycles. The summed E-state index contributed by atoms with van der Waals surface area (Å²) < 4.78 is 5.44. The maximum Gasteiger partial charge on any atom is 0.295 e. The number of aromatic nitrogens is 1. The largest absolute Gasteiger partial charge is 0.507 e. The van der Waals surface area contributed by atoms with E-state index in [0.29, 0.717) is 23.5 Å². The Balaban J connectivity index is 1.80. The van der Waals surface area contributed by atoms with Crippen LogP contribution >= 0.6 is 0 Å². The fourth-order valence-corrected chi connectivity index (χ4v) is 3.75. The molecule has 1 aliphatic rings. The van der Waals surface area contributed by atoms with Gasteiger partial charge in [0.25, 0.3) is 11.7 Å². The number of aliphatic hydroxyl groups is 1. The van der Waals surface area contributed by atoms with E-state index in [1.54, 1.807) is 48.8 Å². The summed E-state index contributed by atoms with van der Waals surface area (Å²) in [6.07, 6.45) is 3.21. The Kier molecular flexibility index (Phi) is 5.80. The molecule has 1 N–H and O–H groups in total. The van der Waals surface area contributed by atoms with E-state index in [0.717, 1.165) is 5.56 Å². The molecular formula is C25H22N2O4. The number of benzene rings is 2. The van der Waals surface area contributed by atoms with Crippen LogP contribution in [0.1, 0.15) is 29.7 Å². The van der Waals surface area contributed by atoms with Gasteiger partial charge < -0.3 is 14.7 Å². The van der Waals surface area contributed by atoms with Crippen LogP contribution in [0.5, 0.6) is 5.75 Å². The Morgan fingerprint density at radius 2 is 1.68 bits per heavy atom. The quantitative estimate of drug-likeness (QED) is 0.373. The van der Waals surface area contributed by atoms with Crippen LogP contribution in [-0.2, 0) is 16.1 Å². The number of hydrogen-bond donors (Lipinski definition) is 1. The number of ketones is 1. The predicted octanol–water partition coefficient (Wildman–Crippen LogP) is 4.10. The van der Waals surface area contributed by atoms with Crippen molar-refractivity contribution in [3.63, 3.8) is 0 Å². The van der Waals surface area contributed by atoms with E-state index >= 15 is 0 Å². The van der Waals surface area contributed by atoms with Crippen molar-refractivity contribution in [1.29, 1.82) is 0 Å². The summed E-state index contributed by atoms with van der Waals surface area (Å²) in [6.45, 7) is 2.66. The van der Waals surface area contributed by atoms with E-state index in [9.17, 15) is 14.7 Å². The minimum absolute atomic E-state index is 0.0660. The molecule has 6 nitrogen and oxygen atoms in total. The lowest BCUT2D eigenvalue weighted by atomic mass is 9.96. The number of ether oxygens (including phenoxy) is 1. The molecule has 1 unspecified atom stereocenters. The first-order chi connectivity index (χ1) is 15.1. The second-order valence-corrected chi connectivity index (χ2v) is 7.15. The molecule has 2 aromatic carbocycles. The van der Waals surface area contributed by atoms with Crippen LogP contribution in [0, 0.1) is 0 Å². The second kappa shape index (κ2) is 8.83. The number of carbonyl (C=O) groups is 2. The lowest BCUT2D eigenvalue weighted by molar-refractivity contribution is -0.140. The molecule has 0 radical (unpaired) electrons. The van der Waals surface area contributed by atoms with E-state index in [1.807, 2.05) is 37.3 Å². The predicted molar refractivity (Wildman–Crippen MR) is 116 cm³/mol. The molecular weight excluding hydrogens is 392 g/mol. The molecule has 0 aliphatic carbocycles. The standard InChI is InChI=1S/C25H22N2O4/c1-2-31-20-10-8-19(9-11-20)23(28)21-22(18-12-14-26-15-13-18)27(25(30)24(21)29)16-17-6-4-3-5-7-17/h3-15,22,28H,2,16H2,1H3. The maximum absolute atomic E-state index is 13.0. The van der Waals surface area contributed by atoms with Crippen LogP contribution in [0.25, 0.3) is 5.76 Å². The summed E-state index contributed by atoms with van der Waals surface area (Å²) in [5.41, 5.74) is 2.11. The molecule has 1 saturated heterocycles. The van der Waals surface area contributed by atoms with E-state index in [1.165, 1.54) is 4.90 Å². The SMILES string of the molecule is CCOc1ccc(C(O)=C2C(=O)C(=O)N(Cc3ccccc3)C2c2ccncc2)cc1. The lowest BCUT2D eigenvalue weighted by Gasteiger charge is -2.25. The highest BCUT2D eigenvalue weighted by molar-refractivity contribution is 6.46. The zero-order chi connectivity index (χ0) is 21.8. The first-order valence-corrected chi connectivity index (χ1v) is 10.1. The van der Waals surface area contributed by atoms with Crippen molar-refractivity contribution in [1.82, 2.24) is 9.88 Å². The molecule has 1 aliphatic heterocycles. The van der Waals surface area contributed by atoms with Crippen molar-refractivity contribution >= 4 is 17.4 Å². The number of amides is 1. The van der Waals surface area contributed by atoms with Crippen molar-refractivity contribution in [3.8, 4) is 5.75 Å². The minimum atomic E-state index is -0.713. The van der Waals surface area contributed by atoms with Gasteiger partial charge >= 0.3 is 0 Å². The molecule has 0 bridgehead atoms. The van der Waals surface area contributed by atoms with Gasteiger partial charge in [-0.25, -0.2) is 0 Å². The van der Waals surface area contributed by atoms with Crippen molar-refractivity contribution in [3.05, 3.63) is 101 Å². The second-order valence-electron chi connectivity index (χ2n) is 7.15. The highest BCUT2D eigenvalue weighted by atomic mass is 16.5. The fourth-order valence-electron chi connectivity index (χ4n) is 3.75. The number of likely N-dealkylation sites (tertiary alicyclic amines) is 1. The zero-order valence-corrected chi connectivity index (χ0v) is 17.1. The first-order valence-electron chi connectivity index (χ1n) is 10.1. The van der Waals surface area contributed by atoms with Crippen LogP contribution < -0.4 is 4.74 Å². The number of carbonyl (C=O) groups excluding carboxylic acids is 2. The Hall–Kier alpha value is -3.93. The molecule has 1 atom stereocenters. The third kappa shape index (κ3) is 4.05. The van der Waals surface area contributed by atoms with Crippen LogP contribution in [0.3, 0.4) is 0 Å². The summed E-state index contributed by atoms with van der Waals surface area (Å²) in [5.74, 6) is -0.893. The highest BCUT2D eigenvalue weighted by Gasteiger charge is 2.46. The van der Waals surface area contributed by atoms with Gasteiger partial charge in [0.15, 0.2) is 0 Å². The van der Waals surface area contributed by atoms with Gasteiger partial charge in [0, 0.05) is 24.5 Å². The number of pyridine rings is 1. The summed E-state index contributed by atoms with van der Waals surface area (Å²) in [7, 11) is 0. The monoisotopic (exact) mass is 414 g/mol. The van der Waals surface area contributed by atoms with E-state index in [-0.39, 0.29) is 17.9 Å². The van der Waals surface area contributed by atoms with Crippen LogP contribution in [0.4, 0.5) is 0 Å². The summed E-state index contributed by atoms with van der Waals surface area (Å²) in [6, 6.07) is 19.0. The van der Waals surface area contributed by atoms with Gasteiger partial charge in [-0.1, -0.05) is 30.3 Å². The van der Waals surface area contributed by atoms with Gasteiger partial charge in [-0.3, -0.25) is 14.6 Å². The smallest absolute Gasteiger partial charge is 0.295 e. The summed E-state index contributed by atoms with van der Waals surface area (Å²) in [5, 5.41) is 11.1. The molecule has 31 heavy (non-hydrogen) atoms.